The Morgan fingerprint density at radius 2 is 1.67 bits per heavy atom. The number of nitrogens with one attached hydrogen (secondary N) is 3. The summed E-state index contributed by atoms with van der Waals surface area (Å²) in [5.41, 5.74) is 6.57. The monoisotopic (exact) mass is 466 g/mol. The summed E-state index contributed by atoms with van der Waals surface area (Å²) in [6, 6.07) is 5.64. The van der Waals surface area contributed by atoms with Gasteiger partial charge in [-0.3, -0.25) is 4.79 Å². The normalized spacial score (nSPS) is 13.9. The molecule has 1 aromatic rings. The number of carbonyl (C=O) groups excluding carboxylic acids is 4. The number of alkyl carbamates (subject to hydrolysis) is 1. The van der Waals surface area contributed by atoms with Crippen LogP contribution in [0.4, 0.5) is 9.59 Å². The maximum Gasteiger partial charge on any atom is 0.407 e. The summed E-state index contributed by atoms with van der Waals surface area (Å²) in [6.07, 6.45) is -2.24. The topological polar surface area (TPSA) is 169 Å². The van der Waals surface area contributed by atoms with Gasteiger partial charge >= 0.3 is 18.1 Å². The highest BCUT2D eigenvalue weighted by Gasteiger charge is 2.33. The second kappa shape index (κ2) is 12.6. The number of hydrogen-bond acceptors (Lipinski definition) is 7. The number of hydrogen-bond donors (Lipinski definition) is 5. The summed E-state index contributed by atoms with van der Waals surface area (Å²) in [5.74, 6) is -1.90. The van der Waals surface area contributed by atoms with Crippen LogP contribution in [0.25, 0.3) is 0 Å². The zero-order valence-corrected chi connectivity index (χ0v) is 19.6. The smallest absolute Gasteiger partial charge is 0.407 e. The van der Waals surface area contributed by atoms with Crippen molar-refractivity contribution in [2.45, 2.75) is 71.2 Å². The van der Waals surface area contributed by atoms with Crippen LogP contribution in [0.2, 0.25) is 0 Å². The maximum atomic E-state index is 12.8. The van der Waals surface area contributed by atoms with Gasteiger partial charge in [0.15, 0.2) is 6.10 Å². The van der Waals surface area contributed by atoms with Crippen molar-refractivity contribution in [1.82, 2.24) is 16.1 Å². The van der Waals surface area contributed by atoms with Gasteiger partial charge < -0.3 is 31.0 Å². The number of benzene rings is 1. The Labute approximate surface area is 193 Å². The Balaban J connectivity index is 3.00. The van der Waals surface area contributed by atoms with E-state index in [-0.39, 0.29) is 18.8 Å². The molecule has 1 rings (SSSR count). The lowest BCUT2D eigenvalue weighted by molar-refractivity contribution is -0.154. The molecule has 0 aromatic heterocycles. The Hall–Kier alpha value is -3.34. The van der Waals surface area contributed by atoms with Gasteiger partial charge in [-0.1, -0.05) is 44.2 Å². The summed E-state index contributed by atoms with van der Waals surface area (Å²) >= 11 is 0. The Kier molecular flexibility index (Phi) is 10.6. The number of hydroxylamine groups is 1. The van der Waals surface area contributed by atoms with Gasteiger partial charge in [-0.2, -0.15) is 5.48 Å². The lowest BCUT2D eigenvalue weighted by Crippen LogP contribution is -2.55. The second-order valence-electron chi connectivity index (χ2n) is 8.97. The molecule has 4 amide bonds. The third-order valence-electron chi connectivity index (χ3n) is 4.21. The zero-order valence-electron chi connectivity index (χ0n) is 19.6. The summed E-state index contributed by atoms with van der Waals surface area (Å²) in [4.78, 5) is 52.7. The highest BCUT2D eigenvalue weighted by atomic mass is 16.7. The number of amides is 4. The Bertz CT molecular complexity index is 809. The molecule has 0 aliphatic heterocycles. The van der Waals surface area contributed by atoms with E-state index in [0.717, 1.165) is 5.56 Å². The van der Waals surface area contributed by atoms with Crippen LogP contribution in [0, 0.1) is 5.92 Å². The fraction of sp³-hybridized carbons (Fsp3) is 0.545. The van der Waals surface area contributed by atoms with Crippen molar-refractivity contribution >= 4 is 24.0 Å². The minimum atomic E-state index is -1.72. The van der Waals surface area contributed by atoms with Gasteiger partial charge in [-0.25, -0.2) is 14.4 Å². The molecule has 0 unspecified atom stereocenters. The van der Waals surface area contributed by atoms with Gasteiger partial charge in [0.2, 0.25) is 0 Å². The highest BCUT2D eigenvalue weighted by molar-refractivity contribution is 5.88. The lowest BCUT2D eigenvalue weighted by Gasteiger charge is -2.27. The van der Waals surface area contributed by atoms with Crippen LogP contribution in [-0.4, -0.2) is 52.9 Å². The molecule has 184 valence electrons. The molecular formula is C22H34N4O7. The van der Waals surface area contributed by atoms with Crippen LogP contribution >= 0.6 is 0 Å². The van der Waals surface area contributed by atoms with Crippen molar-refractivity contribution in [3.63, 3.8) is 0 Å². The molecule has 0 saturated carbocycles. The standard InChI is InChI=1S/C22H34N4O7/c1-13(2)11-16(19(29)33-26-20(23)30)24-18(28)17(27)15(12-14-9-7-6-8-10-14)25-21(31)32-22(3,4)5/h6-10,13,15-17,27H,11-12H2,1-5H3,(H,24,28)(H,25,31)(H3,23,26,30)/t15-,16+,17+/m1/s1. The molecule has 3 atom stereocenters. The summed E-state index contributed by atoms with van der Waals surface area (Å²) in [7, 11) is 0. The number of ether oxygens (including phenoxy) is 1. The molecule has 0 aliphatic rings. The lowest BCUT2D eigenvalue weighted by atomic mass is 9.99. The highest BCUT2D eigenvalue weighted by Crippen LogP contribution is 2.12. The average Bonchev–Trinajstić information content (AvgIpc) is 2.69. The largest absolute Gasteiger partial charge is 0.444 e. The van der Waals surface area contributed by atoms with Crippen molar-refractivity contribution in [2.24, 2.45) is 11.7 Å². The summed E-state index contributed by atoms with van der Waals surface area (Å²) in [6.45, 7) is 8.68. The molecule has 11 heteroatoms. The predicted molar refractivity (Wildman–Crippen MR) is 120 cm³/mol. The zero-order chi connectivity index (χ0) is 25.2. The molecule has 0 heterocycles. The van der Waals surface area contributed by atoms with Crippen LogP contribution < -0.4 is 21.8 Å². The molecule has 0 aliphatic carbocycles. The first-order chi connectivity index (χ1) is 15.3. The van der Waals surface area contributed by atoms with Crippen molar-refractivity contribution in [1.29, 1.82) is 0 Å². The van der Waals surface area contributed by atoms with E-state index in [0.29, 0.717) is 0 Å². The van der Waals surface area contributed by atoms with Gasteiger partial charge in [0, 0.05) is 0 Å². The second-order valence-corrected chi connectivity index (χ2v) is 8.97. The molecule has 33 heavy (non-hydrogen) atoms. The number of aliphatic hydroxyl groups excluding tert-OH is 1. The van der Waals surface area contributed by atoms with Crippen molar-refractivity contribution in [3.05, 3.63) is 35.9 Å². The van der Waals surface area contributed by atoms with Gasteiger partial charge in [0.05, 0.1) is 6.04 Å². The molecular weight excluding hydrogens is 432 g/mol. The van der Waals surface area contributed by atoms with Crippen LogP contribution in [0.5, 0.6) is 0 Å². The van der Waals surface area contributed by atoms with Crippen LogP contribution in [-0.2, 0) is 25.6 Å². The fourth-order valence-corrected chi connectivity index (χ4v) is 2.87. The van der Waals surface area contributed by atoms with Crippen LogP contribution in [0.15, 0.2) is 30.3 Å². The third kappa shape index (κ3) is 11.2. The van der Waals surface area contributed by atoms with E-state index in [1.807, 2.05) is 19.9 Å². The minimum absolute atomic E-state index is 0.0337. The first kappa shape index (κ1) is 27.7. The molecule has 0 radical (unpaired) electrons. The van der Waals surface area contributed by atoms with E-state index in [1.165, 1.54) is 0 Å². The summed E-state index contributed by atoms with van der Waals surface area (Å²) < 4.78 is 5.24. The molecule has 11 nitrogen and oxygen atoms in total. The molecule has 0 saturated heterocycles. The number of rotatable bonds is 9. The number of nitrogens with two attached hydrogens (primary N) is 1. The molecule has 0 fully saturated rings. The van der Waals surface area contributed by atoms with Crippen molar-refractivity contribution in [3.8, 4) is 0 Å². The van der Waals surface area contributed by atoms with E-state index in [1.54, 1.807) is 50.5 Å². The molecule has 6 N–H and O–H groups in total. The van der Waals surface area contributed by atoms with E-state index in [9.17, 15) is 24.3 Å². The molecule has 0 spiro atoms. The molecule has 0 bridgehead atoms. The van der Waals surface area contributed by atoms with Gasteiger partial charge in [-0.05, 0) is 45.1 Å². The minimum Gasteiger partial charge on any atom is -0.444 e. The quantitative estimate of drug-likeness (QED) is 0.340. The maximum absolute atomic E-state index is 12.8. The third-order valence-corrected chi connectivity index (χ3v) is 4.21. The summed E-state index contributed by atoms with van der Waals surface area (Å²) in [5, 5.41) is 15.7. The van der Waals surface area contributed by atoms with Crippen molar-refractivity contribution in [2.75, 3.05) is 0 Å². The average molecular weight is 467 g/mol. The van der Waals surface area contributed by atoms with Gasteiger partial charge in [-0.15, -0.1) is 0 Å². The SMILES string of the molecule is CC(C)C[C@H](NC(=O)[C@@H](O)[C@@H](Cc1ccccc1)NC(=O)OC(C)(C)C)C(=O)ONC(N)=O. The van der Waals surface area contributed by atoms with Gasteiger partial charge in [0.1, 0.15) is 11.6 Å². The first-order valence-electron chi connectivity index (χ1n) is 10.6. The Morgan fingerprint density at radius 3 is 2.18 bits per heavy atom. The number of primary amides is 1. The van der Waals surface area contributed by atoms with Crippen LogP contribution in [0.1, 0.15) is 46.6 Å². The molecule has 1 aromatic carbocycles. The van der Waals surface area contributed by atoms with Crippen LogP contribution in [0.3, 0.4) is 0 Å². The number of aliphatic hydroxyl groups is 1. The van der Waals surface area contributed by atoms with E-state index < -0.39 is 47.8 Å². The Morgan fingerprint density at radius 1 is 1.06 bits per heavy atom. The van der Waals surface area contributed by atoms with Crippen molar-refractivity contribution < 1.29 is 33.9 Å². The number of carbonyl (C=O) groups is 4. The van der Waals surface area contributed by atoms with E-state index in [2.05, 4.69) is 15.5 Å². The van der Waals surface area contributed by atoms with E-state index in [4.69, 9.17) is 10.5 Å². The fourth-order valence-electron chi connectivity index (χ4n) is 2.87. The predicted octanol–water partition coefficient (Wildman–Crippen LogP) is 1.14. The first-order valence-corrected chi connectivity index (χ1v) is 10.6. The number of urea groups is 1. The van der Waals surface area contributed by atoms with Gasteiger partial charge in [0.25, 0.3) is 5.91 Å². The van der Waals surface area contributed by atoms with E-state index >= 15 is 0 Å².